The summed E-state index contributed by atoms with van der Waals surface area (Å²) in [6.07, 6.45) is 1.13. The quantitative estimate of drug-likeness (QED) is 0.542. The lowest BCUT2D eigenvalue weighted by Gasteiger charge is -2.28. The van der Waals surface area contributed by atoms with Gasteiger partial charge in [0.2, 0.25) is 0 Å². The van der Waals surface area contributed by atoms with Crippen LogP contribution in [0.25, 0.3) is 0 Å². The first-order chi connectivity index (χ1) is 5.88. The van der Waals surface area contributed by atoms with Gasteiger partial charge in [0, 0.05) is 38.2 Å². The highest BCUT2D eigenvalue weighted by molar-refractivity contribution is 4.84. The summed E-state index contributed by atoms with van der Waals surface area (Å²) in [5, 5.41) is 5.04. The molecule has 2 aliphatic rings. The molecule has 3 nitrogen and oxygen atoms in total. The van der Waals surface area contributed by atoms with E-state index in [1.54, 1.807) is 5.31 Å². The van der Waals surface area contributed by atoms with Gasteiger partial charge in [-0.3, -0.25) is 0 Å². The van der Waals surface area contributed by atoms with E-state index < -0.39 is 0 Å². The van der Waals surface area contributed by atoms with E-state index in [1.165, 1.54) is 0 Å². The summed E-state index contributed by atoms with van der Waals surface area (Å²) in [7, 11) is 0. The number of hydrogen-bond acceptors (Lipinski definition) is 3. The third-order valence-electron chi connectivity index (χ3n) is 2.51. The van der Waals surface area contributed by atoms with Gasteiger partial charge < -0.3 is 15.4 Å². The highest BCUT2D eigenvalue weighted by atomic mass is 16.5. The van der Waals surface area contributed by atoms with Crippen molar-refractivity contribution in [3.05, 3.63) is 0 Å². The molecule has 0 saturated carbocycles. The topological polar surface area (TPSA) is 33.3 Å². The molecule has 2 saturated heterocycles. The Hall–Kier alpha value is -0.120. The molecule has 0 amide bonds. The van der Waals surface area contributed by atoms with Crippen LogP contribution in [-0.2, 0) is 4.74 Å². The van der Waals surface area contributed by atoms with Crippen molar-refractivity contribution in [1.82, 2.24) is 10.6 Å². The van der Waals surface area contributed by atoms with Crippen LogP contribution < -0.4 is 10.6 Å². The maximum Gasteiger partial charge on any atom is 0.123 e. The predicted octanol–water partition coefficient (Wildman–Crippen LogP) is -0.416. The van der Waals surface area contributed by atoms with Crippen molar-refractivity contribution < 1.29 is 6.15 Å². The van der Waals surface area contributed by atoms with Gasteiger partial charge in [0.15, 0.2) is 0 Å². The molecule has 64 valence electrons. The Morgan fingerprint density at radius 1 is 1.45 bits per heavy atom. The van der Waals surface area contributed by atoms with Crippen LogP contribution in [-0.4, -0.2) is 38.9 Å². The van der Waals surface area contributed by atoms with Crippen LogP contribution in [0, 0.1) is 5.92 Å². The molecule has 0 radical (unpaired) electrons. The molecule has 0 aliphatic carbocycles. The van der Waals surface area contributed by atoms with E-state index in [-0.39, 0.29) is 0 Å². The third kappa shape index (κ3) is 1.72. The van der Waals surface area contributed by atoms with Gasteiger partial charge in [-0.15, -0.1) is 0 Å². The Morgan fingerprint density at radius 2 is 2.45 bits per heavy atom. The van der Waals surface area contributed by atoms with Gasteiger partial charge in [0.25, 0.3) is 0 Å². The van der Waals surface area contributed by atoms with Crippen LogP contribution in [0.3, 0.4) is 0 Å². The van der Waals surface area contributed by atoms with Gasteiger partial charge in [-0.1, -0.05) is 0 Å². The van der Waals surface area contributed by atoms with Gasteiger partial charge in [-0.2, -0.15) is 0 Å². The van der Waals surface area contributed by atoms with E-state index in [4.69, 9.17) is 6.15 Å². The SMILES string of the molecule is [2H]N1CCNCC1C1CCOC1. The molecule has 0 bridgehead atoms. The van der Waals surface area contributed by atoms with Crippen molar-refractivity contribution >= 4 is 0 Å². The van der Waals surface area contributed by atoms with E-state index in [1.807, 2.05) is 0 Å². The molecule has 2 atom stereocenters. The van der Waals surface area contributed by atoms with Gasteiger partial charge in [0.1, 0.15) is 1.41 Å². The average molecular weight is 157 g/mol. The Labute approximate surface area is 69.0 Å². The van der Waals surface area contributed by atoms with E-state index >= 15 is 0 Å². The zero-order valence-electron chi connectivity index (χ0n) is 7.75. The molecule has 2 N–H and O–H groups in total. The van der Waals surface area contributed by atoms with Crippen LogP contribution in [0.2, 0.25) is 1.41 Å². The van der Waals surface area contributed by atoms with E-state index in [9.17, 15) is 0 Å². The van der Waals surface area contributed by atoms with Crippen molar-refractivity contribution in [2.24, 2.45) is 5.92 Å². The van der Waals surface area contributed by atoms with E-state index in [0.29, 0.717) is 12.0 Å². The van der Waals surface area contributed by atoms with Gasteiger partial charge in [-0.25, -0.2) is 0 Å². The maximum atomic E-state index is 7.73. The van der Waals surface area contributed by atoms with Gasteiger partial charge in [-0.05, 0) is 6.42 Å². The maximum absolute atomic E-state index is 7.73. The van der Waals surface area contributed by atoms with E-state index in [2.05, 4.69) is 5.32 Å². The fourth-order valence-corrected chi connectivity index (χ4v) is 1.80. The second-order valence-corrected chi connectivity index (χ2v) is 3.30. The Morgan fingerprint density at radius 3 is 3.18 bits per heavy atom. The normalized spacial score (nSPS) is 42.4. The molecule has 2 fully saturated rings. The first kappa shape index (κ1) is 6.40. The summed E-state index contributed by atoms with van der Waals surface area (Å²) in [5.41, 5.74) is 0. The van der Waals surface area contributed by atoms with Crippen molar-refractivity contribution in [3.8, 4) is 0 Å². The molecular formula is C8H16N2O. The second kappa shape index (κ2) is 3.52. The summed E-state index contributed by atoms with van der Waals surface area (Å²) in [5.74, 6) is 0.579. The van der Waals surface area contributed by atoms with Crippen LogP contribution in [0.1, 0.15) is 6.42 Å². The molecule has 2 heterocycles. The smallest absolute Gasteiger partial charge is 0.123 e. The van der Waals surface area contributed by atoms with Gasteiger partial charge in [0.05, 0.1) is 6.61 Å². The Kier molecular flexibility index (Phi) is 2.05. The fourth-order valence-electron chi connectivity index (χ4n) is 1.80. The lowest BCUT2D eigenvalue weighted by molar-refractivity contribution is 0.173. The number of rotatable bonds is 1. The molecule has 2 aliphatic heterocycles. The molecule has 0 aromatic rings. The molecular weight excluding hydrogens is 140 g/mol. The lowest BCUT2D eigenvalue weighted by atomic mass is 9.98. The summed E-state index contributed by atoms with van der Waals surface area (Å²) in [6.45, 7) is 4.49. The molecule has 11 heavy (non-hydrogen) atoms. The highest BCUT2D eigenvalue weighted by Gasteiger charge is 2.26. The van der Waals surface area contributed by atoms with Gasteiger partial charge >= 0.3 is 0 Å². The minimum Gasteiger partial charge on any atom is -0.381 e. The number of nitrogens with one attached hydrogen (secondary N) is 2. The van der Waals surface area contributed by atoms with Crippen molar-refractivity contribution in [3.63, 3.8) is 0 Å². The number of piperazine rings is 1. The van der Waals surface area contributed by atoms with Crippen LogP contribution in [0.15, 0.2) is 0 Å². The summed E-state index contributed by atoms with van der Waals surface area (Å²) in [4.78, 5) is 0. The lowest BCUT2D eigenvalue weighted by Crippen LogP contribution is -2.52. The van der Waals surface area contributed by atoms with Crippen molar-refractivity contribution in [2.75, 3.05) is 32.8 Å². The van der Waals surface area contributed by atoms with Crippen molar-refractivity contribution in [1.29, 1.82) is 0 Å². The highest BCUT2D eigenvalue weighted by Crippen LogP contribution is 2.16. The second-order valence-electron chi connectivity index (χ2n) is 3.30. The Balaban J connectivity index is 1.91. The number of ether oxygens (including phenoxy) is 1. The zero-order valence-corrected chi connectivity index (χ0v) is 6.75. The summed E-state index contributed by atoms with van der Waals surface area (Å²) >= 11 is 0. The first-order valence-electron chi connectivity index (χ1n) is 4.86. The average Bonchev–Trinajstić information content (AvgIpc) is 2.57. The van der Waals surface area contributed by atoms with Crippen LogP contribution in [0.5, 0.6) is 0 Å². The molecule has 0 aromatic heterocycles. The summed E-state index contributed by atoms with van der Waals surface area (Å²) in [6, 6.07) is 0.376. The van der Waals surface area contributed by atoms with E-state index in [0.717, 1.165) is 39.3 Å². The molecule has 0 aromatic carbocycles. The zero-order chi connectivity index (χ0) is 8.39. The molecule has 2 unspecified atom stereocenters. The monoisotopic (exact) mass is 157 g/mol. The Bertz CT molecular complexity index is 150. The fraction of sp³-hybridized carbons (Fsp3) is 1.00. The first-order valence-corrected chi connectivity index (χ1v) is 4.42. The predicted molar refractivity (Wildman–Crippen MR) is 43.6 cm³/mol. The number of hydrogen-bond donors (Lipinski definition) is 2. The molecule has 2 rings (SSSR count). The largest absolute Gasteiger partial charge is 0.381 e. The van der Waals surface area contributed by atoms with Crippen molar-refractivity contribution in [2.45, 2.75) is 12.5 Å². The molecule has 0 spiro atoms. The van der Waals surface area contributed by atoms with Crippen LogP contribution >= 0.6 is 0 Å². The van der Waals surface area contributed by atoms with Crippen LogP contribution in [0.4, 0.5) is 0 Å². The molecule has 3 heteroatoms. The standard InChI is InChI=1S/C8H16N2O/c1-4-11-6-7(1)8-5-9-2-3-10-8/h7-10H,1-6H2/i/hD. The minimum absolute atomic E-state index is 0.376. The third-order valence-corrected chi connectivity index (χ3v) is 2.51. The minimum atomic E-state index is 0.376. The summed E-state index contributed by atoms with van der Waals surface area (Å²) < 4.78 is 13.1.